The maximum Gasteiger partial charge on any atom is 0.265 e. The number of thiophene rings is 1. The Balaban J connectivity index is 1.65. The van der Waals surface area contributed by atoms with Gasteiger partial charge < -0.3 is 10.4 Å². The number of aliphatic hydroxyl groups excluding tert-OH is 1. The van der Waals surface area contributed by atoms with Crippen molar-refractivity contribution in [3.8, 4) is 10.4 Å². The highest BCUT2D eigenvalue weighted by Crippen LogP contribution is 2.39. The molecule has 2 heterocycles. The van der Waals surface area contributed by atoms with Crippen LogP contribution >= 0.6 is 11.3 Å². The number of amides is 1. The molecular weight excluding hydrogens is 320 g/mol. The summed E-state index contributed by atoms with van der Waals surface area (Å²) in [6.45, 7) is -0.132. The second-order valence-electron chi connectivity index (χ2n) is 5.77. The minimum Gasteiger partial charge on any atom is -0.392 e. The first-order valence-electron chi connectivity index (χ1n) is 7.82. The number of nitrogens with one attached hydrogen (secondary N) is 1. The fourth-order valence-electron chi connectivity index (χ4n) is 3.04. The zero-order chi connectivity index (χ0) is 16.5. The highest BCUT2D eigenvalue weighted by molar-refractivity contribution is 7.17. The number of benzene rings is 1. The van der Waals surface area contributed by atoms with E-state index in [2.05, 4.69) is 28.5 Å². The first kappa shape index (κ1) is 15.1. The van der Waals surface area contributed by atoms with Crippen molar-refractivity contribution in [2.75, 3.05) is 5.32 Å². The van der Waals surface area contributed by atoms with Crippen LogP contribution in [-0.2, 0) is 19.4 Å². The summed E-state index contributed by atoms with van der Waals surface area (Å²) in [7, 11) is 0. The van der Waals surface area contributed by atoms with Gasteiger partial charge in [-0.1, -0.05) is 24.3 Å². The molecule has 4 nitrogen and oxygen atoms in total. The lowest BCUT2D eigenvalue weighted by Crippen LogP contribution is -2.12. The highest BCUT2D eigenvalue weighted by atomic mass is 32.1. The van der Waals surface area contributed by atoms with Gasteiger partial charge in [0.1, 0.15) is 0 Å². The van der Waals surface area contributed by atoms with E-state index in [1.807, 2.05) is 12.1 Å². The number of aromatic nitrogens is 1. The minimum absolute atomic E-state index is 0.132. The molecule has 3 aromatic rings. The van der Waals surface area contributed by atoms with Crippen LogP contribution in [0.3, 0.4) is 0 Å². The van der Waals surface area contributed by atoms with E-state index < -0.39 is 0 Å². The van der Waals surface area contributed by atoms with Gasteiger partial charge in [-0.15, -0.1) is 11.3 Å². The average molecular weight is 336 g/mol. The monoisotopic (exact) mass is 336 g/mol. The number of fused-ring (bicyclic) bond motifs is 3. The predicted molar refractivity (Wildman–Crippen MR) is 95.3 cm³/mol. The molecule has 1 aliphatic rings. The Morgan fingerprint density at radius 1 is 1.21 bits per heavy atom. The number of hydrogen-bond donors (Lipinski definition) is 2. The number of hydrogen-bond acceptors (Lipinski definition) is 4. The lowest BCUT2D eigenvalue weighted by atomic mass is 9.91. The normalized spacial score (nSPS) is 12.4. The molecule has 0 atom stereocenters. The summed E-state index contributed by atoms with van der Waals surface area (Å²) >= 11 is 1.52. The molecule has 0 saturated carbocycles. The van der Waals surface area contributed by atoms with E-state index in [9.17, 15) is 9.90 Å². The summed E-state index contributed by atoms with van der Waals surface area (Å²) in [5.74, 6) is -0.158. The number of rotatable bonds is 3. The van der Waals surface area contributed by atoms with Crippen LogP contribution in [0.4, 0.5) is 5.69 Å². The number of nitrogens with zero attached hydrogens (tertiary/aromatic N) is 1. The molecule has 0 aliphatic heterocycles. The largest absolute Gasteiger partial charge is 0.392 e. The van der Waals surface area contributed by atoms with E-state index in [4.69, 9.17) is 0 Å². The van der Waals surface area contributed by atoms with Gasteiger partial charge in [-0.3, -0.25) is 9.78 Å². The standard InChI is InChI=1S/C19H16N2O2S/c22-11-14-7-8-20-10-16(14)21-19(23)17-9-13-6-5-12-3-1-2-4-15(12)18(13)24-17/h1-4,7-10,22H,5-6,11H2,(H,21,23). The Labute approximate surface area is 143 Å². The molecule has 0 unspecified atom stereocenters. The second kappa shape index (κ2) is 6.19. The molecule has 2 aromatic heterocycles. The Bertz CT molecular complexity index is 917. The molecule has 0 saturated heterocycles. The van der Waals surface area contributed by atoms with Crippen LogP contribution in [0.25, 0.3) is 10.4 Å². The molecule has 24 heavy (non-hydrogen) atoms. The third kappa shape index (κ3) is 2.62. The van der Waals surface area contributed by atoms with Gasteiger partial charge in [-0.05, 0) is 41.7 Å². The van der Waals surface area contributed by atoms with Gasteiger partial charge in [0.25, 0.3) is 5.91 Å². The predicted octanol–water partition coefficient (Wildman–Crippen LogP) is 3.65. The SMILES string of the molecule is O=C(Nc1cnccc1CO)c1cc2c(s1)-c1ccccc1CC2. The van der Waals surface area contributed by atoms with Crippen molar-refractivity contribution in [2.45, 2.75) is 19.4 Å². The quantitative estimate of drug-likeness (QED) is 0.767. The Morgan fingerprint density at radius 2 is 2.04 bits per heavy atom. The number of aryl methyl sites for hydroxylation is 2. The maximum atomic E-state index is 12.6. The van der Waals surface area contributed by atoms with Crippen LogP contribution in [0.5, 0.6) is 0 Å². The molecule has 120 valence electrons. The minimum atomic E-state index is -0.158. The lowest BCUT2D eigenvalue weighted by Gasteiger charge is -2.15. The van der Waals surface area contributed by atoms with Gasteiger partial charge in [0, 0.05) is 16.6 Å². The number of anilines is 1. The molecule has 2 N–H and O–H groups in total. The second-order valence-corrected chi connectivity index (χ2v) is 6.82. The topological polar surface area (TPSA) is 62.2 Å². The van der Waals surface area contributed by atoms with Gasteiger partial charge in [0.05, 0.1) is 23.4 Å². The summed E-state index contributed by atoms with van der Waals surface area (Å²) in [4.78, 5) is 18.5. The fraction of sp³-hybridized carbons (Fsp3) is 0.158. The number of carbonyl (C=O) groups is 1. The van der Waals surface area contributed by atoms with E-state index >= 15 is 0 Å². The van der Waals surface area contributed by atoms with Crippen molar-refractivity contribution in [3.05, 3.63) is 70.4 Å². The molecule has 1 amide bonds. The summed E-state index contributed by atoms with van der Waals surface area (Å²) in [5.41, 5.74) is 5.02. The molecule has 1 aliphatic carbocycles. The van der Waals surface area contributed by atoms with Crippen LogP contribution < -0.4 is 5.32 Å². The van der Waals surface area contributed by atoms with E-state index in [0.29, 0.717) is 16.1 Å². The average Bonchev–Trinajstić information content (AvgIpc) is 3.07. The molecule has 0 bridgehead atoms. The summed E-state index contributed by atoms with van der Waals surface area (Å²) in [6, 6.07) is 12.1. The Morgan fingerprint density at radius 3 is 2.92 bits per heavy atom. The smallest absolute Gasteiger partial charge is 0.265 e. The highest BCUT2D eigenvalue weighted by Gasteiger charge is 2.21. The Hall–Kier alpha value is -2.50. The lowest BCUT2D eigenvalue weighted by molar-refractivity contribution is 0.103. The number of carbonyl (C=O) groups excluding carboxylic acids is 1. The molecule has 1 aromatic carbocycles. The van der Waals surface area contributed by atoms with Crippen LogP contribution in [-0.4, -0.2) is 16.0 Å². The fourth-order valence-corrected chi connectivity index (χ4v) is 4.21. The van der Waals surface area contributed by atoms with E-state index in [1.165, 1.54) is 32.9 Å². The van der Waals surface area contributed by atoms with E-state index in [0.717, 1.165) is 12.8 Å². The number of aliphatic hydroxyl groups is 1. The number of pyridine rings is 1. The summed E-state index contributed by atoms with van der Waals surface area (Å²) in [6.07, 6.45) is 5.14. The molecule has 5 heteroatoms. The Kier molecular flexibility index (Phi) is 3.88. The van der Waals surface area contributed by atoms with Gasteiger partial charge in [-0.25, -0.2) is 0 Å². The van der Waals surface area contributed by atoms with Crippen LogP contribution in [0, 0.1) is 0 Å². The van der Waals surface area contributed by atoms with E-state index in [-0.39, 0.29) is 12.5 Å². The summed E-state index contributed by atoms with van der Waals surface area (Å²) in [5, 5.41) is 12.2. The maximum absolute atomic E-state index is 12.6. The van der Waals surface area contributed by atoms with Gasteiger partial charge in [-0.2, -0.15) is 0 Å². The van der Waals surface area contributed by atoms with Gasteiger partial charge >= 0.3 is 0 Å². The molecule has 0 radical (unpaired) electrons. The van der Waals surface area contributed by atoms with Crippen molar-refractivity contribution in [3.63, 3.8) is 0 Å². The van der Waals surface area contributed by atoms with Crippen molar-refractivity contribution < 1.29 is 9.90 Å². The van der Waals surface area contributed by atoms with Crippen LogP contribution in [0.15, 0.2) is 48.8 Å². The zero-order valence-corrected chi connectivity index (χ0v) is 13.8. The molecular formula is C19H16N2O2S. The van der Waals surface area contributed by atoms with Crippen molar-refractivity contribution in [2.24, 2.45) is 0 Å². The molecule has 4 rings (SSSR count). The van der Waals surface area contributed by atoms with Crippen LogP contribution in [0.1, 0.15) is 26.4 Å². The van der Waals surface area contributed by atoms with Crippen molar-refractivity contribution >= 4 is 22.9 Å². The third-order valence-electron chi connectivity index (χ3n) is 4.29. The zero-order valence-electron chi connectivity index (χ0n) is 13.0. The van der Waals surface area contributed by atoms with Crippen LogP contribution in [0.2, 0.25) is 0 Å². The van der Waals surface area contributed by atoms with Crippen molar-refractivity contribution in [1.82, 2.24) is 4.98 Å². The van der Waals surface area contributed by atoms with Gasteiger partial charge in [0.15, 0.2) is 0 Å². The van der Waals surface area contributed by atoms with Crippen molar-refractivity contribution in [1.29, 1.82) is 0 Å². The first-order valence-corrected chi connectivity index (χ1v) is 8.64. The third-order valence-corrected chi connectivity index (χ3v) is 5.50. The first-order chi connectivity index (χ1) is 11.8. The van der Waals surface area contributed by atoms with E-state index in [1.54, 1.807) is 18.5 Å². The summed E-state index contributed by atoms with van der Waals surface area (Å²) < 4.78 is 0. The molecule has 0 fully saturated rings. The molecule has 0 spiro atoms. The van der Waals surface area contributed by atoms with Gasteiger partial charge in [0.2, 0.25) is 0 Å².